The van der Waals surface area contributed by atoms with Crippen molar-refractivity contribution in [1.29, 1.82) is 0 Å². The fraction of sp³-hybridized carbons (Fsp3) is 0.542. The summed E-state index contributed by atoms with van der Waals surface area (Å²) in [5.41, 5.74) is 1.41. The average Bonchev–Trinajstić information content (AvgIpc) is 3.45. The van der Waals surface area contributed by atoms with Crippen LogP contribution in [0.4, 0.5) is 5.69 Å². The normalized spacial score (nSPS) is 17.6. The van der Waals surface area contributed by atoms with Gasteiger partial charge in [-0.05, 0) is 37.8 Å². The minimum atomic E-state index is -0.473. The van der Waals surface area contributed by atoms with Crippen LogP contribution in [0.3, 0.4) is 0 Å². The predicted molar refractivity (Wildman–Crippen MR) is 130 cm³/mol. The van der Waals surface area contributed by atoms with Crippen LogP contribution < -0.4 is 5.56 Å². The van der Waals surface area contributed by atoms with E-state index in [1.54, 1.807) is 13.1 Å². The number of non-ortho nitro benzene ring substituents is 1. The molecule has 2 aromatic rings. The second kappa shape index (κ2) is 10.8. The van der Waals surface area contributed by atoms with Crippen LogP contribution in [0.1, 0.15) is 43.4 Å². The van der Waals surface area contributed by atoms with Gasteiger partial charge in [-0.3, -0.25) is 34.7 Å². The van der Waals surface area contributed by atoms with Gasteiger partial charge >= 0.3 is 0 Å². The smallest absolute Gasteiger partial charge is 0.280 e. The lowest BCUT2D eigenvalue weighted by molar-refractivity contribution is -0.384. The number of nitrogens with one attached hydrogen (secondary N) is 1. The molecule has 1 amide bonds. The maximum Gasteiger partial charge on any atom is 0.280 e. The van der Waals surface area contributed by atoms with Crippen molar-refractivity contribution in [2.75, 3.05) is 39.3 Å². The molecule has 1 aromatic carbocycles. The second-order valence-corrected chi connectivity index (χ2v) is 9.18. The van der Waals surface area contributed by atoms with Crippen molar-refractivity contribution in [2.45, 2.75) is 39.0 Å². The molecule has 1 aromatic heterocycles. The number of carbonyl (C=O) groups excluding carboxylic acids is 1. The van der Waals surface area contributed by atoms with Crippen molar-refractivity contribution in [3.63, 3.8) is 0 Å². The number of nitro groups is 1. The summed E-state index contributed by atoms with van der Waals surface area (Å²) in [7, 11) is 0. The number of aromatic amines is 1. The molecule has 182 valence electrons. The van der Waals surface area contributed by atoms with E-state index in [1.165, 1.54) is 54.6 Å². The fourth-order valence-electron chi connectivity index (χ4n) is 4.78. The third-order valence-electron chi connectivity index (χ3n) is 6.86. The number of aryl methyl sites for hydroxylation is 1. The van der Waals surface area contributed by atoms with E-state index in [4.69, 9.17) is 0 Å². The molecule has 1 N–H and O–H groups in total. The number of hydrogen-bond acceptors (Lipinski definition) is 6. The molecule has 2 fully saturated rings. The van der Waals surface area contributed by atoms with Crippen LogP contribution in [0, 0.1) is 23.0 Å². The van der Waals surface area contributed by atoms with E-state index in [9.17, 15) is 19.7 Å². The lowest BCUT2D eigenvalue weighted by Gasteiger charge is -2.35. The summed E-state index contributed by atoms with van der Waals surface area (Å²) in [5.74, 6) is 0.888. The van der Waals surface area contributed by atoms with Gasteiger partial charge in [0.1, 0.15) is 0 Å². The molecule has 0 unspecified atom stereocenters. The Hall–Kier alpha value is -3.27. The van der Waals surface area contributed by atoms with Gasteiger partial charge in [0.2, 0.25) is 5.91 Å². The van der Waals surface area contributed by atoms with Crippen molar-refractivity contribution in [1.82, 2.24) is 19.6 Å². The number of H-pyrrole nitrogens is 1. The monoisotopic (exact) mass is 468 g/mol. The molecule has 0 spiro atoms. The topological polar surface area (TPSA) is 117 Å². The summed E-state index contributed by atoms with van der Waals surface area (Å²) < 4.78 is 1.36. The largest absolute Gasteiger partial charge is 0.340 e. The van der Waals surface area contributed by atoms with Gasteiger partial charge in [0, 0.05) is 63.2 Å². The first kappa shape index (κ1) is 23.9. The van der Waals surface area contributed by atoms with Gasteiger partial charge in [0.15, 0.2) is 0 Å². The number of hydrogen-bond donors (Lipinski definition) is 1. The number of nitrogens with zero attached hydrogens (tertiary/aromatic N) is 5. The molecular weight excluding hydrogens is 436 g/mol. The Morgan fingerprint density at radius 2 is 1.85 bits per heavy atom. The van der Waals surface area contributed by atoms with Gasteiger partial charge in [-0.15, -0.1) is 0 Å². The Labute approximate surface area is 198 Å². The van der Waals surface area contributed by atoms with Crippen LogP contribution in [0.15, 0.2) is 34.1 Å². The first-order chi connectivity index (χ1) is 16.4. The third-order valence-corrected chi connectivity index (χ3v) is 6.86. The molecular formula is C24H32N6O4. The molecule has 2 aliphatic rings. The van der Waals surface area contributed by atoms with Crippen LogP contribution in [0.2, 0.25) is 0 Å². The molecule has 34 heavy (non-hydrogen) atoms. The standard InChI is InChI=1S/C24H32N6O4/c1-18-22(24(32)29(26-18)20-6-8-21(9-7-20)30(33)34)17-25-10-11-27-12-14-28(15-13-27)23(31)16-19-4-2-3-5-19/h6-9,17,19,26H,2-5,10-16H2,1H3. The van der Waals surface area contributed by atoms with Gasteiger partial charge in [0.05, 0.1) is 22.7 Å². The summed E-state index contributed by atoms with van der Waals surface area (Å²) >= 11 is 0. The number of carbonyl (C=O) groups is 1. The van der Waals surface area contributed by atoms with E-state index in [0.717, 1.165) is 32.7 Å². The van der Waals surface area contributed by atoms with E-state index in [1.807, 2.05) is 4.90 Å². The Bertz CT molecular complexity index is 1090. The van der Waals surface area contributed by atoms with Crippen molar-refractivity contribution in [3.8, 4) is 5.69 Å². The van der Waals surface area contributed by atoms with Gasteiger partial charge in [-0.2, -0.15) is 0 Å². The Kier molecular flexibility index (Phi) is 7.56. The highest BCUT2D eigenvalue weighted by molar-refractivity contribution is 5.80. The highest BCUT2D eigenvalue weighted by atomic mass is 16.6. The zero-order chi connectivity index (χ0) is 24.1. The Morgan fingerprint density at radius 3 is 2.50 bits per heavy atom. The molecule has 1 aliphatic heterocycles. The SMILES string of the molecule is Cc1[nH]n(-c2ccc([N+](=O)[O-])cc2)c(=O)c1C=NCCN1CCN(C(=O)CC2CCCC2)CC1. The van der Waals surface area contributed by atoms with Gasteiger partial charge < -0.3 is 4.90 Å². The molecule has 10 heteroatoms. The minimum absolute atomic E-state index is 0.0270. The summed E-state index contributed by atoms with van der Waals surface area (Å²) in [6, 6.07) is 5.81. The van der Waals surface area contributed by atoms with Crippen molar-refractivity contribution >= 4 is 17.8 Å². The average molecular weight is 469 g/mol. The van der Waals surface area contributed by atoms with Crippen molar-refractivity contribution in [3.05, 3.63) is 56.0 Å². The molecule has 2 heterocycles. The number of aromatic nitrogens is 2. The second-order valence-electron chi connectivity index (χ2n) is 9.18. The maximum absolute atomic E-state index is 12.8. The third kappa shape index (κ3) is 5.61. The lowest BCUT2D eigenvalue weighted by atomic mass is 10.0. The molecule has 0 bridgehead atoms. The van der Waals surface area contributed by atoms with E-state index in [2.05, 4.69) is 15.0 Å². The zero-order valence-corrected chi connectivity index (χ0v) is 19.6. The van der Waals surface area contributed by atoms with Crippen LogP contribution in [0.25, 0.3) is 5.69 Å². The Morgan fingerprint density at radius 1 is 1.18 bits per heavy atom. The van der Waals surface area contributed by atoms with Crippen LogP contribution in [-0.4, -0.2) is 75.9 Å². The van der Waals surface area contributed by atoms with E-state index < -0.39 is 4.92 Å². The molecule has 1 saturated carbocycles. The quantitative estimate of drug-likeness (QED) is 0.363. The van der Waals surface area contributed by atoms with Gasteiger partial charge in [0.25, 0.3) is 11.2 Å². The number of aliphatic imine (C=N–C) groups is 1. The number of amides is 1. The molecule has 0 atom stereocenters. The first-order valence-corrected chi connectivity index (χ1v) is 12.0. The minimum Gasteiger partial charge on any atom is -0.340 e. The Balaban J connectivity index is 1.26. The highest BCUT2D eigenvalue weighted by Gasteiger charge is 2.25. The molecule has 0 radical (unpaired) electrons. The first-order valence-electron chi connectivity index (χ1n) is 12.0. The van der Waals surface area contributed by atoms with Crippen molar-refractivity contribution < 1.29 is 9.72 Å². The number of rotatable bonds is 8. The van der Waals surface area contributed by atoms with E-state index >= 15 is 0 Å². The molecule has 4 rings (SSSR count). The van der Waals surface area contributed by atoms with Crippen LogP contribution in [0.5, 0.6) is 0 Å². The van der Waals surface area contributed by atoms with Crippen LogP contribution in [-0.2, 0) is 4.79 Å². The highest BCUT2D eigenvalue weighted by Crippen LogP contribution is 2.28. The van der Waals surface area contributed by atoms with E-state index in [-0.39, 0.29) is 11.2 Å². The lowest BCUT2D eigenvalue weighted by Crippen LogP contribution is -2.49. The maximum atomic E-state index is 12.8. The summed E-state index contributed by atoms with van der Waals surface area (Å²) in [5, 5.41) is 13.8. The fourth-order valence-corrected chi connectivity index (χ4v) is 4.78. The number of benzene rings is 1. The van der Waals surface area contributed by atoms with Crippen LogP contribution >= 0.6 is 0 Å². The number of piperazine rings is 1. The van der Waals surface area contributed by atoms with Gasteiger partial charge in [-0.25, -0.2) is 4.68 Å². The molecule has 1 saturated heterocycles. The zero-order valence-electron chi connectivity index (χ0n) is 19.6. The summed E-state index contributed by atoms with van der Waals surface area (Å²) in [6.45, 7) is 6.38. The predicted octanol–water partition coefficient (Wildman–Crippen LogP) is 2.53. The summed E-state index contributed by atoms with van der Waals surface area (Å²) in [4.78, 5) is 44.4. The van der Waals surface area contributed by atoms with Crippen molar-refractivity contribution in [2.24, 2.45) is 10.9 Å². The van der Waals surface area contributed by atoms with E-state index in [0.29, 0.717) is 41.7 Å². The molecule has 1 aliphatic carbocycles. The van der Waals surface area contributed by atoms with Gasteiger partial charge in [-0.1, -0.05) is 12.8 Å². The number of nitro benzene ring substituents is 1. The molecule has 10 nitrogen and oxygen atoms in total. The summed E-state index contributed by atoms with van der Waals surface area (Å²) in [6.07, 6.45) is 7.22.